The molecule has 2 amide bonds. The maximum absolute atomic E-state index is 13.6. The first-order valence-electron chi connectivity index (χ1n) is 11.8. The molecule has 0 radical (unpaired) electrons. The van der Waals surface area contributed by atoms with E-state index >= 15 is 0 Å². The van der Waals surface area contributed by atoms with Crippen molar-refractivity contribution in [1.29, 1.82) is 0 Å². The number of para-hydroxylation sites is 1. The number of ether oxygens (including phenoxy) is 2. The lowest BCUT2D eigenvalue weighted by Crippen LogP contribution is -2.24. The van der Waals surface area contributed by atoms with Crippen molar-refractivity contribution in [3.05, 3.63) is 102 Å². The van der Waals surface area contributed by atoms with Crippen molar-refractivity contribution in [1.82, 2.24) is 5.43 Å². The van der Waals surface area contributed by atoms with Gasteiger partial charge < -0.3 is 14.8 Å². The summed E-state index contributed by atoms with van der Waals surface area (Å²) in [4.78, 5) is 24.0. The molecule has 0 spiro atoms. The second kappa shape index (κ2) is 12.3. The van der Waals surface area contributed by atoms with Gasteiger partial charge in [0.25, 0.3) is 0 Å². The van der Waals surface area contributed by atoms with E-state index in [1.807, 2.05) is 31.2 Å². The summed E-state index contributed by atoms with van der Waals surface area (Å²) in [5.41, 5.74) is 4.03. The van der Waals surface area contributed by atoms with Gasteiger partial charge in [0.1, 0.15) is 18.8 Å². The van der Waals surface area contributed by atoms with E-state index in [9.17, 15) is 14.0 Å². The molecule has 0 bridgehead atoms. The summed E-state index contributed by atoms with van der Waals surface area (Å²) in [6.45, 7) is 2.70. The smallest absolute Gasteiger partial charge is 0.249 e. The van der Waals surface area contributed by atoms with Gasteiger partial charge in [0.2, 0.25) is 11.8 Å². The van der Waals surface area contributed by atoms with Gasteiger partial charge in [-0.1, -0.05) is 54.6 Å². The van der Waals surface area contributed by atoms with Crippen molar-refractivity contribution < 1.29 is 23.5 Å². The number of nitrogens with one attached hydrogen (secondary N) is 2. The largest absolute Gasteiger partial charge is 0.490 e. The van der Waals surface area contributed by atoms with E-state index in [2.05, 4.69) is 34.0 Å². The number of rotatable bonds is 10. The number of benzene rings is 4. The van der Waals surface area contributed by atoms with Crippen molar-refractivity contribution >= 4 is 34.5 Å². The van der Waals surface area contributed by atoms with Crippen molar-refractivity contribution in [2.45, 2.75) is 20.0 Å². The number of hydrogen-bond acceptors (Lipinski definition) is 5. The number of carbonyl (C=O) groups excluding carboxylic acids is 2. The molecular formula is C29H26FN3O4. The first kappa shape index (κ1) is 25.4. The highest BCUT2D eigenvalue weighted by Gasteiger charge is 2.11. The Labute approximate surface area is 213 Å². The summed E-state index contributed by atoms with van der Waals surface area (Å²) in [5.74, 6) is -0.735. The van der Waals surface area contributed by atoms with E-state index in [1.54, 1.807) is 24.3 Å². The first-order chi connectivity index (χ1) is 18.0. The minimum atomic E-state index is -0.649. The fourth-order valence-electron chi connectivity index (χ4n) is 3.69. The molecule has 4 aromatic rings. The third-order valence-electron chi connectivity index (χ3n) is 5.40. The summed E-state index contributed by atoms with van der Waals surface area (Å²) >= 11 is 0. The molecule has 0 saturated carbocycles. The number of carbonyl (C=O) groups is 2. The summed E-state index contributed by atoms with van der Waals surface area (Å²) in [5, 5.41) is 8.53. The number of anilines is 1. The second-order valence-electron chi connectivity index (χ2n) is 8.06. The molecule has 0 aliphatic carbocycles. The van der Waals surface area contributed by atoms with Crippen LogP contribution in [0.15, 0.2) is 90.0 Å². The van der Waals surface area contributed by atoms with Crippen LogP contribution in [0.25, 0.3) is 10.8 Å². The van der Waals surface area contributed by atoms with Gasteiger partial charge in [-0.05, 0) is 59.2 Å². The van der Waals surface area contributed by atoms with Crippen molar-refractivity contribution in [3.8, 4) is 11.5 Å². The number of nitrogens with zero attached hydrogens (tertiary/aromatic N) is 1. The average Bonchev–Trinajstić information content (AvgIpc) is 2.89. The van der Waals surface area contributed by atoms with Gasteiger partial charge in [0.15, 0.2) is 11.5 Å². The number of amides is 2. The third kappa shape index (κ3) is 6.91. The highest BCUT2D eigenvalue weighted by molar-refractivity contribution is 6.03. The quantitative estimate of drug-likeness (QED) is 0.173. The van der Waals surface area contributed by atoms with Crippen LogP contribution < -0.4 is 20.2 Å². The number of hydrazone groups is 1. The van der Waals surface area contributed by atoms with Crippen molar-refractivity contribution in [2.75, 3.05) is 11.9 Å². The van der Waals surface area contributed by atoms with Crippen LogP contribution in [0.2, 0.25) is 0 Å². The molecular weight excluding hydrogens is 473 g/mol. The molecule has 0 heterocycles. The van der Waals surface area contributed by atoms with Gasteiger partial charge in [0.05, 0.1) is 18.5 Å². The fraction of sp³-hybridized carbons (Fsp3) is 0.138. The van der Waals surface area contributed by atoms with Gasteiger partial charge >= 0.3 is 0 Å². The lowest BCUT2D eigenvalue weighted by molar-refractivity contribution is -0.126. The van der Waals surface area contributed by atoms with Crippen LogP contribution in [0, 0.1) is 5.82 Å². The summed E-state index contributed by atoms with van der Waals surface area (Å²) in [6, 6.07) is 25.3. The van der Waals surface area contributed by atoms with E-state index in [1.165, 1.54) is 24.4 Å². The van der Waals surface area contributed by atoms with Gasteiger partial charge in [-0.15, -0.1) is 0 Å². The SMILES string of the molecule is CCOc1cc(C=NNC(=O)CC(=O)Nc2ccccc2F)ccc1OCc1cccc2ccccc12. The minimum Gasteiger partial charge on any atom is -0.490 e. The van der Waals surface area contributed by atoms with Crippen LogP contribution in [0.4, 0.5) is 10.1 Å². The molecule has 0 aliphatic rings. The van der Waals surface area contributed by atoms with E-state index in [-0.39, 0.29) is 5.69 Å². The molecule has 7 nitrogen and oxygen atoms in total. The van der Waals surface area contributed by atoms with Gasteiger partial charge in [-0.2, -0.15) is 5.10 Å². The Morgan fingerprint density at radius 1 is 0.892 bits per heavy atom. The number of hydrogen-bond donors (Lipinski definition) is 2. The number of fused-ring (bicyclic) bond motifs is 1. The topological polar surface area (TPSA) is 89.0 Å². The molecule has 8 heteroatoms. The molecule has 0 saturated heterocycles. The first-order valence-corrected chi connectivity index (χ1v) is 11.8. The standard InChI is InChI=1S/C29H26FN3O4/c1-2-36-27-16-20(18-31-33-29(35)17-28(34)32-25-13-6-5-12-24(25)30)14-15-26(27)37-19-22-10-7-9-21-8-3-4-11-23(21)22/h3-16,18H,2,17,19H2,1H3,(H,32,34)(H,33,35). The Hall–Kier alpha value is -4.72. The average molecular weight is 500 g/mol. The van der Waals surface area contributed by atoms with Crippen molar-refractivity contribution in [2.24, 2.45) is 5.10 Å². The van der Waals surface area contributed by atoms with E-state index in [0.29, 0.717) is 30.3 Å². The highest BCUT2D eigenvalue weighted by Crippen LogP contribution is 2.30. The van der Waals surface area contributed by atoms with Gasteiger partial charge in [-0.3, -0.25) is 9.59 Å². The predicted molar refractivity (Wildman–Crippen MR) is 141 cm³/mol. The third-order valence-corrected chi connectivity index (χ3v) is 5.40. The Kier molecular flexibility index (Phi) is 8.44. The molecule has 4 aromatic carbocycles. The lowest BCUT2D eigenvalue weighted by atomic mass is 10.1. The molecule has 0 unspecified atom stereocenters. The molecule has 2 N–H and O–H groups in total. The maximum Gasteiger partial charge on any atom is 0.249 e. The van der Waals surface area contributed by atoms with Crippen molar-refractivity contribution in [3.63, 3.8) is 0 Å². The highest BCUT2D eigenvalue weighted by atomic mass is 19.1. The summed E-state index contributed by atoms with van der Waals surface area (Å²) in [6.07, 6.45) is 0.931. The van der Waals surface area contributed by atoms with Gasteiger partial charge in [-0.25, -0.2) is 9.82 Å². The zero-order chi connectivity index (χ0) is 26.0. The monoisotopic (exact) mass is 499 g/mol. The maximum atomic E-state index is 13.6. The van der Waals surface area contributed by atoms with Crippen LogP contribution in [0.3, 0.4) is 0 Å². The normalized spacial score (nSPS) is 10.9. The Bertz CT molecular complexity index is 1430. The lowest BCUT2D eigenvalue weighted by Gasteiger charge is -2.13. The summed E-state index contributed by atoms with van der Waals surface area (Å²) < 4.78 is 25.4. The molecule has 0 aromatic heterocycles. The minimum absolute atomic E-state index is 0.00927. The van der Waals surface area contributed by atoms with Crippen LogP contribution in [-0.2, 0) is 16.2 Å². The molecule has 37 heavy (non-hydrogen) atoms. The zero-order valence-corrected chi connectivity index (χ0v) is 20.2. The summed E-state index contributed by atoms with van der Waals surface area (Å²) in [7, 11) is 0. The molecule has 0 fully saturated rings. The van der Waals surface area contributed by atoms with Crippen LogP contribution in [0.1, 0.15) is 24.5 Å². The molecule has 0 aliphatic heterocycles. The van der Waals surface area contributed by atoms with Gasteiger partial charge in [0, 0.05) is 0 Å². The fourth-order valence-corrected chi connectivity index (χ4v) is 3.69. The molecule has 188 valence electrons. The van der Waals surface area contributed by atoms with E-state index in [4.69, 9.17) is 9.47 Å². The van der Waals surface area contributed by atoms with E-state index < -0.39 is 24.1 Å². The van der Waals surface area contributed by atoms with Crippen LogP contribution in [0.5, 0.6) is 11.5 Å². The predicted octanol–water partition coefficient (Wildman–Crippen LogP) is 5.44. The molecule has 0 atom stereocenters. The van der Waals surface area contributed by atoms with Crippen LogP contribution in [-0.4, -0.2) is 24.6 Å². The Morgan fingerprint density at radius 2 is 1.68 bits per heavy atom. The number of halogens is 1. The Morgan fingerprint density at radius 3 is 2.51 bits per heavy atom. The Balaban J connectivity index is 1.35. The second-order valence-corrected chi connectivity index (χ2v) is 8.06. The molecule has 4 rings (SSSR count). The van der Waals surface area contributed by atoms with E-state index in [0.717, 1.165) is 16.3 Å². The van der Waals surface area contributed by atoms with Crippen LogP contribution >= 0.6 is 0 Å². The zero-order valence-electron chi connectivity index (χ0n) is 20.2.